The molecule has 8 aromatic carbocycles. The number of aromatic nitrogens is 2. The molecule has 0 aliphatic rings. The van der Waals surface area contributed by atoms with E-state index in [-0.39, 0.29) is 0 Å². The van der Waals surface area contributed by atoms with Gasteiger partial charge in [-0.2, -0.15) is 0 Å². The summed E-state index contributed by atoms with van der Waals surface area (Å²) in [5.74, 6) is 0. The summed E-state index contributed by atoms with van der Waals surface area (Å²) in [4.78, 5) is 0. The lowest BCUT2D eigenvalue weighted by molar-refractivity contribution is 0.668. The Labute approximate surface area is 295 Å². The molecular weight excluding hydrogens is 637 g/mol. The highest BCUT2D eigenvalue weighted by Crippen LogP contribution is 2.47. The zero-order valence-electron chi connectivity index (χ0n) is 27.7. The van der Waals surface area contributed by atoms with Gasteiger partial charge in [0.05, 0.1) is 38.7 Å². The molecule has 13 aromatic rings. The van der Waals surface area contributed by atoms with E-state index in [2.05, 4.69) is 155 Å². The number of furan rings is 2. The molecular formula is C48H26N2O2. The Kier molecular flexibility index (Phi) is 4.83. The SMILES string of the molecule is c1ccc2c(c1)oc1cccc(-c3ccc4c(c3)c3c5c6cccc7c8ccccc8n(c5ccc3n4-c3cccc4oc5ccccc5c34)c76)c12. The molecule has 0 spiro atoms. The molecule has 0 bridgehead atoms. The standard InChI is InChI=1S/C48H26N2O2/c1-4-16-35-29(10-1)30-14-7-15-33-46-39(50(35)48(30)33)25-24-38-47(46)34-26-27(28-13-8-20-42-44(28)31-11-2-5-18-40(31)51-42)22-23-36(34)49(38)37-17-9-21-43-45(37)32-12-3-6-19-41(32)52-43/h1-26H. The van der Waals surface area contributed by atoms with Crippen molar-refractivity contribution in [3.63, 3.8) is 0 Å². The summed E-state index contributed by atoms with van der Waals surface area (Å²) in [7, 11) is 0. The Morgan fingerprint density at radius 2 is 0.942 bits per heavy atom. The van der Waals surface area contributed by atoms with E-state index >= 15 is 0 Å². The normalized spacial score (nSPS) is 12.6. The first-order valence-corrected chi connectivity index (χ1v) is 17.8. The van der Waals surface area contributed by atoms with E-state index in [9.17, 15) is 0 Å². The maximum Gasteiger partial charge on any atom is 0.137 e. The van der Waals surface area contributed by atoms with Crippen LogP contribution in [0.3, 0.4) is 0 Å². The van der Waals surface area contributed by atoms with Crippen molar-refractivity contribution >= 4 is 104 Å². The van der Waals surface area contributed by atoms with Crippen LogP contribution in [0.1, 0.15) is 0 Å². The Morgan fingerprint density at radius 1 is 0.346 bits per heavy atom. The Morgan fingerprint density at radius 3 is 1.79 bits per heavy atom. The second kappa shape index (κ2) is 9.39. The Hall–Kier alpha value is -7.04. The van der Waals surface area contributed by atoms with Gasteiger partial charge in [-0.25, -0.2) is 0 Å². The van der Waals surface area contributed by atoms with Crippen molar-refractivity contribution in [2.24, 2.45) is 0 Å². The second-order valence-electron chi connectivity index (χ2n) is 14.0. The van der Waals surface area contributed by atoms with Crippen molar-refractivity contribution < 1.29 is 8.83 Å². The van der Waals surface area contributed by atoms with Gasteiger partial charge < -0.3 is 17.8 Å². The highest BCUT2D eigenvalue weighted by Gasteiger charge is 2.24. The lowest BCUT2D eigenvalue weighted by Gasteiger charge is -2.10. The summed E-state index contributed by atoms with van der Waals surface area (Å²) in [6.07, 6.45) is 0. The fourth-order valence-electron chi connectivity index (χ4n) is 9.41. The Bertz CT molecular complexity index is 3650. The van der Waals surface area contributed by atoms with Crippen molar-refractivity contribution in [1.29, 1.82) is 0 Å². The monoisotopic (exact) mass is 662 g/mol. The van der Waals surface area contributed by atoms with Gasteiger partial charge in [0.15, 0.2) is 0 Å². The highest BCUT2D eigenvalue weighted by molar-refractivity contribution is 6.33. The van der Waals surface area contributed by atoms with Crippen molar-refractivity contribution in [3.8, 4) is 16.8 Å². The molecule has 5 aromatic heterocycles. The van der Waals surface area contributed by atoms with E-state index < -0.39 is 0 Å². The maximum absolute atomic E-state index is 6.42. The average Bonchev–Trinajstić information content (AvgIpc) is 4.00. The van der Waals surface area contributed by atoms with Gasteiger partial charge >= 0.3 is 0 Å². The molecule has 0 N–H and O–H groups in total. The summed E-state index contributed by atoms with van der Waals surface area (Å²) in [5.41, 5.74) is 13.1. The maximum atomic E-state index is 6.42. The van der Waals surface area contributed by atoms with Crippen molar-refractivity contribution in [2.45, 2.75) is 0 Å². The topological polar surface area (TPSA) is 35.6 Å². The van der Waals surface area contributed by atoms with Gasteiger partial charge in [0.25, 0.3) is 0 Å². The molecule has 13 rings (SSSR count). The van der Waals surface area contributed by atoms with Gasteiger partial charge in [0.1, 0.15) is 22.3 Å². The minimum Gasteiger partial charge on any atom is -0.456 e. The first-order chi connectivity index (χ1) is 25.8. The number of nitrogens with zero attached hydrogens (tertiary/aromatic N) is 2. The molecule has 0 saturated carbocycles. The van der Waals surface area contributed by atoms with Gasteiger partial charge in [-0.1, -0.05) is 97.1 Å². The number of rotatable bonds is 2. The van der Waals surface area contributed by atoms with Gasteiger partial charge in [-0.3, -0.25) is 0 Å². The number of para-hydroxylation sites is 4. The van der Waals surface area contributed by atoms with E-state index in [1.54, 1.807) is 0 Å². The van der Waals surface area contributed by atoms with Crippen LogP contribution in [0.25, 0.3) is 121 Å². The van der Waals surface area contributed by atoms with E-state index in [1.165, 1.54) is 59.9 Å². The highest BCUT2D eigenvalue weighted by atomic mass is 16.3. The quantitative estimate of drug-likeness (QED) is 0.185. The third-order valence-electron chi connectivity index (χ3n) is 11.4. The van der Waals surface area contributed by atoms with E-state index in [4.69, 9.17) is 8.83 Å². The largest absolute Gasteiger partial charge is 0.456 e. The minimum absolute atomic E-state index is 0.886. The summed E-state index contributed by atoms with van der Waals surface area (Å²) >= 11 is 0. The molecule has 4 heteroatoms. The fourth-order valence-corrected chi connectivity index (χ4v) is 9.41. The van der Waals surface area contributed by atoms with Crippen molar-refractivity contribution in [2.75, 3.05) is 0 Å². The molecule has 240 valence electrons. The van der Waals surface area contributed by atoms with E-state index in [0.717, 1.165) is 60.6 Å². The van der Waals surface area contributed by atoms with Crippen LogP contribution in [-0.4, -0.2) is 8.97 Å². The third-order valence-corrected chi connectivity index (χ3v) is 11.4. The number of fused-ring (bicyclic) bond motifs is 16. The smallest absolute Gasteiger partial charge is 0.137 e. The number of benzene rings is 8. The summed E-state index contributed by atoms with van der Waals surface area (Å²) in [6, 6.07) is 56.8. The molecule has 0 atom stereocenters. The van der Waals surface area contributed by atoms with Crippen molar-refractivity contribution in [3.05, 3.63) is 158 Å². The van der Waals surface area contributed by atoms with Crippen LogP contribution < -0.4 is 0 Å². The molecule has 0 aliphatic carbocycles. The molecule has 0 unspecified atom stereocenters. The molecule has 0 saturated heterocycles. The molecule has 4 nitrogen and oxygen atoms in total. The first-order valence-electron chi connectivity index (χ1n) is 17.8. The van der Waals surface area contributed by atoms with Gasteiger partial charge in [-0.15, -0.1) is 0 Å². The first kappa shape index (κ1) is 26.8. The predicted molar refractivity (Wildman–Crippen MR) is 215 cm³/mol. The molecule has 5 heterocycles. The van der Waals surface area contributed by atoms with Crippen LogP contribution in [0.15, 0.2) is 167 Å². The molecule has 0 aliphatic heterocycles. The molecule has 52 heavy (non-hydrogen) atoms. The summed E-state index contributed by atoms with van der Waals surface area (Å²) in [6.45, 7) is 0. The minimum atomic E-state index is 0.886. The van der Waals surface area contributed by atoms with Gasteiger partial charge in [0.2, 0.25) is 0 Å². The Balaban J connectivity index is 1.23. The number of hydrogen-bond donors (Lipinski definition) is 0. The summed E-state index contributed by atoms with van der Waals surface area (Å²) < 4.78 is 17.7. The lowest BCUT2D eigenvalue weighted by atomic mass is 9.97. The molecule has 0 fully saturated rings. The van der Waals surface area contributed by atoms with E-state index in [0.29, 0.717) is 0 Å². The molecule has 0 radical (unpaired) electrons. The van der Waals surface area contributed by atoms with Crippen LogP contribution in [0, 0.1) is 0 Å². The lowest BCUT2D eigenvalue weighted by Crippen LogP contribution is -1.94. The summed E-state index contributed by atoms with van der Waals surface area (Å²) in [5, 5.41) is 12.1. The molecule has 0 amide bonds. The zero-order chi connectivity index (χ0) is 33.7. The average molecular weight is 663 g/mol. The van der Waals surface area contributed by atoms with Crippen LogP contribution in [0.5, 0.6) is 0 Å². The third kappa shape index (κ3) is 3.19. The van der Waals surface area contributed by atoms with Crippen LogP contribution >= 0.6 is 0 Å². The van der Waals surface area contributed by atoms with Crippen LogP contribution in [0.4, 0.5) is 0 Å². The number of hydrogen-bond acceptors (Lipinski definition) is 2. The van der Waals surface area contributed by atoms with Crippen LogP contribution in [-0.2, 0) is 0 Å². The van der Waals surface area contributed by atoms with E-state index in [1.807, 2.05) is 12.1 Å². The fraction of sp³-hybridized carbons (Fsp3) is 0. The zero-order valence-corrected chi connectivity index (χ0v) is 27.7. The second-order valence-corrected chi connectivity index (χ2v) is 14.0. The predicted octanol–water partition coefficient (Wildman–Crippen LogP) is 13.4. The van der Waals surface area contributed by atoms with Crippen LogP contribution in [0.2, 0.25) is 0 Å². The van der Waals surface area contributed by atoms with Gasteiger partial charge in [-0.05, 0) is 71.8 Å². The van der Waals surface area contributed by atoms with Gasteiger partial charge in [0, 0.05) is 48.5 Å². The van der Waals surface area contributed by atoms with Crippen molar-refractivity contribution in [1.82, 2.24) is 8.97 Å².